The highest BCUT2D eigenvalue weighted by atomic mass is 14.2. The van der Waals surface area contributed by atoms with E-state index >= 15 is 0 Å². The van der Waals surface area contributed by atoms with E-state index in [1.165, 1.54) is 76.5 Å². The molecule has 0 aliphatic carbocycles. The summed E-state index contributed by atoms with van der Waals surface area (Å²) in [4.78, 5) is 0. The van der Waals surface area contributed by atoms with Gasteiger partial charge in [0.05, 0.1) is 0 Å². The fourth-order valence-electron chi connectivity index (χ4n) is 6.46. The van der Waals surface area contributed by atoms with Crippen LogP contribution < -0.4 is 0 Å². The lowest BCUT2D eigenvalue weighted by molar-refractivity contribution is 1.63. The molecular formula is C40H26. The highest BCUT2D eigenvalue weighted by Gasteiger charge is 2.19. The van der Waals surface area contributed by atoms with Gasteiger partial charge in [-0.05, 0) is 88.6 Å². The quantitative estimate of drug-likeness (QED) is 0.165. The van der Waals surface area contributed by atoms with Crippen molar-refractivity contribution >= 4 is 43.1 Å². The van der Waals surface area contributed by atoms with E-state index in [-0.39, 0.29) is 0 Å². The van der Waals surface area contributed by atoms with Crippen LogP contribution >= 0.6 is 0 Å². The Kier molecular flexibility index (Phi) is 5.24. The van der Waals surface area contributed by atoms with Crippen molar-refractivity contribution in [2.24, 2.45) is 0 Å². The van der Waals surface area contributed by atoms with Crippen LogP contribution in [-0.2, 0) is 0 Å². The van der Waals surface area contributed by atoms with Gasteiger partial charge in [-0.2, -0.15) is 0 Å². The maximum absolute atomic E-state index is 2.40. The summed E-state index contributed by atoms with van der Waals surface area (Å²) in [5.74, 6) is 0. The second-order valence-electron chi connectivity index (χ2n) is 10.5. The van der Waals surface area contributed by atoms with E-state index in [2.05, 4.69) is 158 Å². The highest BCUT2D eigenvalue weighted by molar-refractivity contribution is 6.26. The maximum Gasteiger partial charge on any atom is -0.00199 e. The first-order valence-electron chi connectivity index (χ1n) is 13.9. The average molecular weight is 507 g/mol. The average Bonchev–Trinajstić information content (AvgIpc) is 3.04. The zero-order chi connectivity index (χ0) is 26.5. The lowest BCUT2D eigenvalue weighted by atomic mass is 9.83. The van der Waals surface area contributed by atoms with Crippen molar-refractivity contribution < 1.29 is 0 Å². The molecule has 0 saturated carbocycles. The molecule has 0 atom stereocenters. The van der Waals surface area contributed by atoms with Crippen LogP contribution in [0.3, 0.4) is 0 Å². The van der Waals surface area contributed by atoms with Gasteiger partial charge in [0.15, 0.2) is 0 Å². The molecule has 186 valence electrons. The third kappa shape index (κ3) is 3.54. The predicted octanol–water partition coefficient (Wildman–Crippen LogP) is 11.3. The van der Waals surface area contributed by atoms with Gasteiger partial charge in [-0.1, -0.05) is 146 Å². The van der Waals surface area contributed by atoms with Crippen molar-refractivity contribution in [3.8, 4) is 33.4 Å². The Hall–Kier alpha value is -5.20. The van der Waals surface area contributed by atoms with E-state index in [0.29, 0.717) is 0 Å². The van der Waals surface area contributed by atoms with Crippen LogP contribution in [-0.4, -0.2) is 0 Å². The minimum Gasteiger partial charge on any atom is -0.0622 e. The summed E-state index contributed by atoms with van der Waals surface area (Å²) in [5, 5.41) is 10.2. The van der Waals surface area contributed by atoms with Crippen molar-refractivity contribution in [1.82, 2.24) is 0 Å². The van der Waals surface area contributed by atoms with Gasteiger partial charge in [-0.25, -0.2) is 0 Å². The molecule has 0 fully saturated rings. The van der Waals surface area contributed by atoms with E-state index in [1.807, 2.05) is 0 Å². The summed E-state index contributed by atoms with van der Waals surface area (Å²) in [7, 11) is 0. The molecule has 0 heteroatoms. The molecule has 8 rings (SSSR count). The molecule has 0 radical (unpaired) electrons. The largest absolute Gasteiger partial charge is 0.0622 e. The van der Waals surface area contributed by atoms with Gasteiger partial charge in [0.1, 0.15) is 0 Å². The second-order valence-corrected chi connectivity index (χ2v) is 10.5. The molecule has 8 aromatic carbocycles. The number of rotatable bonds is 3. The Bertz CT molecular complexity index is 2190. The summed E-state index contributed by atoms with van der Waals surface area (Å²) in [6.45, 7) is 0. The predicted molar refractivity (Wildman–Crippen MR) is 173 cm³/mol. The lowest BCUT2D eigenvalue weighted by Crippen LogP contribution is -1.93. The molecule has 0 unspecified atom stereocenters. The van der Waals surface area contributed by atoms with E-state index < -0.39 is 0 Å². The van der Waals surface area contributed by atoms with Gasteiger partial charge in [0.2, 0.25) is 0 Å². The van der Waals surface area contributed by atoms with Gasteiger partial charge in [0, 0.05) is 0 Å². The van der Waals surface area contributed by atoms with Crippen LogP contribution in [0, 0.1) is 0 Å². The van der Waals surface area contributed by atoms with Crippen molar-refractivity contribution in [2.45, 2.75) is 0 Å². The monoisotopic (exact) mass is 506 g/mol. The Morgan fingerprint density at radius 1 is 0.250 bits per heavy atom. The first kappa shape index (κ1) is 22.8. The van der Waals surface area contributed by atoms with Gasteiger partial charge in [0.25, 0.3) is 0 Å². The number of hydrogen-bond acceptors (Lipinski definition) is 0. The van der Waals surface area contributed by atoms with E-state index in [4.69, 9.17) is 0 Å². The fourth-order valence-corrected chi connectivity index (χ4v) is 6.46. The number of fused-ring (bicyclic) bond motifs is 5. The molecule has 0 aromatic heterocycles. The maximum atomic E-state index is 2.40. The molecule has 0 heterocycles. The smallest absolute Gasteiger partial charge is 0.00199 e. The molecule has 8 aromatic rings. The normalized spacial score (nSPS) is 11.5. The minimum atomic E-state index is 1.23. The SMILES string of the molecule is c1ccc(-c2ccc3c(-c4cc5ccccc5c5ccccc45)c4ccccc4c(-c4ccccc4)c3c2)cc1. The van der Waals surface area contributed by atoms with Gasteiger partial charge in [-0.15, -0.1) is 0 Å². The molecule has 0 saturated heterocycles. The van der Waals surface area contributed by atoms with Gasteiger partial charge < -0.3 is 0 Å². The first-order valence-corrected chi connectivity index (χ1v) is 13.9. The third-order valence-corrected chi connectivity index (χ3v) is 8.23. The Balaban J connectivity index is 1.58. The van der Waals surface area contributed by atoms with Crippen LogP contribution in [0.15, 0.2) is 158 Å². The Morgan fingerprint density at radius 2 is 0.775 bits per heavy atom. The molecule has 40 heavy (non-hydrogen) atoms. The fraction of sp³-hybridized carbons (Fsp3) is 0. The van der Waals surface area contributed by atoms with Crippen LogP contribution in [0.1, 0.15) is 0 Å². The number of benzene rings is 8. The van der Waals surface area contributed by atoms with E-state index in [1.54, 1.807) is 0 Å². The second kappa shape index (κ2) is 9.22. The summed E-state index contributed by atoms with van der Waals surface area (Å²) in [6, 6.07) is 57.5. The molecule has 0 aliphatic rings. The molecular weight excluding hydrogens is 480 g/mol. The summed E-state index contributed by atoms with van der Waals surface area (Å²) < 4.78 is 0. The first-order chi connectivity index (χ1) is 19.9. The van der Waals surface area contributed by atoms with Crippen LogP contribution in [0.5, 0.6) is 0 Å². The molecule has 0 spiro atoms. The number of hydrogen-bond donors (Lipinski definition) is 0. The standard InChI is InChI=1S/C40H26/c1-3-13-27(14-4-1)29-23-24-36-38(25-29)39(28-15-5-2-6-16-28)34-21-11-12-22-35(34)40(36)37-26-30-17-7-8-18-31(30)32-19-9-10-20-33(32)37/h1-26H. The van der Waals surface area contributed by atoms with E-state index in [9.17, 15) is 0 Å². The van der Waals surface area contributed by atoms with Crippen molar-refractivity contribution in [1.29, 1.82) is 0 Å². The summed E-state index contributed by atoms with van der Waals surface area (Å²) >= 11 is 0. The molecule has 0 aliphatic heterocycles. The highest BCUT2D eigenvalue weighted by Crippen LogP contribution is 2.47. The molecule has 0 nitrogen and oxygen atoms in total. The Labute approximate surface area is 233 Å². The summed E-state index contributed by atoms with van der Waals surface area (Å²) in [6.07, 6.45) is 0. The topological polar surface area (TPSA) is 0 Å². The minimum absolute atomic E-state index is 1.23. The van der Waals surface area contributed by atoms with Crippen LogP contribution in [0.2, 0.25) is 0 Å². The van der Waals surface area contributed by atoms with Gasteiger partial charge in [-0.3, -0.25) is 0 Å². The van der Waals surface area contributed by atoms with E-state index in [0.717, 1.165) is 0 Å². The third-order valence-electron chi connectivity index (χ3n) is 8.23. The molecule has 0 N–H and O–H groups in total. The zero-order valence-corrected chi connectivity index (χ0v) is 22.0. The van der Waals surface area contributed by atoms with Crippen molar-refractivity contribution in [3.05, 3.63) is 158 Å². The van der Waals surface area contributed by atoms with Crippen molar-refractivity contribution in [3.63, 3.8) is 0 Å². The molecule has 0 amide bonds. The molecule has 0 bridgehead atoms. The summed E-state index contributed by atoms with van der Waals surface area (Å²) in [5.41, 5.74) is 7.57. The lowest BCUT2D eigenvalue weighted by Gasteiger charge is -2.20. The Morgan fingerprint density at radius 3 is 1.50 bits per heavy atom. The van der Waals surface area contributed by atoms with Crippen LogP contribution in [0.4, 0.5) is 0 Å². The van der Waals surface area contributed by atoms with Crippen LogP contribution in [0.25, 0.3) is 76.5 Å². The van der Waals surface area contributed by atoms with Gasteiger partial charge >= 0.3 is 0 Å². The van der Waals surface area contributed by atoms with Crippen molar-refractivity contribution in [2.75, 3.05) is 0 Å². The zero-order valence-electron chi connectivity index (χ0n) is 22.0.